The number of aliphatic hydroxyl groups is 1. The molecular formula is C6H14Ca2NaO10P. The molecule has 0 radical (unpaired) electrons. The van der Waals surface area contributed by atoms with E-state index in [1.54, 1.807) is 0 Å². The minimum absolute atomic E-state index is 0. The van der Waals surface area contributed by atoms with Gasteiger partial charge < -0.3 is 27.0 Å². The van der Waals surface area contributed by atoms with E-state index in [1.165, 1.54) is 0 Å². The molecule has 0 bridgehead atoms. The molecule has 14 heteroatoms. The predicted molar refractivity (Wildman–Crippen MR) is 64.7 cm³/mol. The number of phosphoric ester groups is 1. The Morgan fingerprint density at radius 2 is 1.50 bits per heavy atom. The Morgan fingerprint density at radius 3 is 1.75 bits per heavy atom. The summed E-state index contributed by atoms with van der Waals surface area (Å²) in [5.74, 6) is -5.47. The summed E-state index contributed by atoms with van der Waals surface area (Å²) in [5.41, 5.74) is -2.99. The van der Waals surface area contributed by atoms with E-state index in [2.05, 4.69) is 4.52 Å². The molecule has 10 nitrogen and oxygen atoms in total. The molecule has 0 aliphatic carbocycles. The van der Waals surface area contributed by atoms with E-state index in [-0.39, 0.29) is 112 Å². The molecule has 0 amide bonds. The zero-order valence-electron chi connectivity index (χ0n) is 15.6. The van der Waals surface area contributed by atoms with Gasteiger partial charge in [0.1, 0.15) is 0 Å². The molecule has 0 aliphatic rings. The molecular weight excluding hydrogens is 366 g/mol. The maximum atomic E-state index is 10.8. The van der Waals surface area contributed by atoms with Crippen LogP contribution in [0, 0.1) is 0 Å². The second-order valence-corrected chi connectivity index (χ2v) is 4.20. The van der Waals surface area contributed by atoms with Crippen molar-refractivity contribution in [2.45, 2.75) is 18.4 Å². The van der Waals surface area contributed by atoms with E-state index in [0.717, 1.165) is 0 Å². The fourth-order valence-corrected chi connectivity index (χ4v) is 1.20. The molecule has 5 N–H and O–H groups in total. The Hall–Kier alpha value is 2.04. The fourth-order valence-electron chi connectivity index (χ4n) is 0.868. The molecule has 0 spiro atoms. The van der Waals surface area contributed by atoms with Crippen LogP contribution in [0.5, 0.6) is 0 Å². The predicted octanol–water partition coefficient (Wildman–Crippen LogP) is -4.89. The molecule has 108 valence electrons. The molecule has 0 aliphatic heterocycles. The largest absolute Gasteiger partial charge is 2.00 e. The molecule has 0 heterocycles. The van der Waals surface area contributed by atoms with Crippen molar-refractivity contribution in [3.63, 3.8) is 0 Å². The second kappa shape index (κ2) is 12.5. The number of hydrogen-bond donors (Lipinski definition) is 5. The van der Waals surface area contributed by atoms with Crippen LogP contribution in [0.1, 0.15) is 20.0 Å². The van der Waals surface area contributed by atoms with Gasteiger partial charge in [-0.1, -0.05) is 0 Å². The third-order valence-electron chi connectivity index (χ3n) is 1.50. The number of aliphatic carboxylic acids is 2. The van der Waals surface area contributed by atoms with Gasteiger partial charge in [-0.05, 0) is 0 Å². The smallest absolute Gasteiger partial charge is 1.00 e. The first-order chi connectivity index (χ1) is 7.46. The Morgan fingerprint density at radius 1 is 1.10 bits per heavy atom. The third kappa shape index (κ3) is 13.7. The number of carboxylic acid groups (broad SMARTS) is 2. The van der Waals surface area contributed by atoms with Crippen LogP contribution < -0.4 is 29.6 Å². The summed E-state index contributed by atoms with van der Waals surface area (Å²) in [7, 11) is -5.17. The molecule has 0 fully saturated rings. The first-order valence-corrected chi connectivity index (χ1v) is 5.45. The van der Waals surface area contributed by atoms with Crippen LogP contribution in [0.4, 0.5) is 0 Å². The van der Waals surface area contributed by atoms with Crippen molar-refractivity contribution >= 4 is 101 Å². The SMILES string of the molecule is O=C(O)CC(O)(CC(=O)OP(=O)(O)O)C(=O)O.[Ca+2].[Ca+2].[H-].[H-].[H-].[H-].[H-].[Na+]. The monoisotopic (exact) mass is 380 g/mol. The number of carbonyl (C=O) groups is 3. The van der Waals surface area contributed by atoms with Gasteiger partial charge in [-0.3, -0.25) is 19.4 Å². The van der Waals surface area contributed by atoms with Gasteiger partial charge in [0.15, 0.2) is 5.60 Å². The zero-order chi connectivity index (χ0) is 13.9. The molecule has 0 aromatic rings. The molecule has 0 saturated carbocycles. The minimum atomic E-state index is -5.17. The Bertz CT molecular complexity index is 415. The maximum absolute atomic E-state index is 10.8. The summed E-state index contributed by atoms with van der Waals surface area (Å²) in [6, 6.07) is 0. The molecule has 0 saturated heterocycles. The third-order valence-corrected chi connectivity index (χ3v) is 1.94. The first kappa shape index (κ1) is 30.0. The molecule has 0 aromatic heterocycles. The van der Waals surface area contributed by atoms with Gasteiger partial charge in [-0.15, -0.1) is 0 Å². The van der Waals surface area contributed by atoms with Gasteiger partial charge >= 0.3 is 131 Å². The van der Waals surface area contributed by atoms with Crippen LogP contribution in [0.2, 0.25) is 0 Å². The van der Waals surface area contributed by atoms with E-state index in [0.29, 0.717) is 0 Å². The van der Waals surface area contributed by atoms with Gasteiger partial charge in [-0.2, -0.15) is 0 Å². The Balaban J connectivity index is -0.0000000457. The Kier molecular flexibility index (Phi) is 18.7. The van der Waals surface area contributed by atoms with Crippen molar-refractivity contribution in [3.05, 3.63) is 0 Å². The molecule has 1 atom stereocenters. The van der Waals surface area contributed by atoms with E-state index in [4.69, 9.17) is 20.0 Å². The molecule has 20 heavy (non-hydrogen) atoms. The number of phosphoric acid groups is 1. The van der Waals surface area contributed by atoms with Gasteiger partial charge in [0, 0.05) is 0 Å². The number of hydrogen-bond acceptors (Lipinski definition) is 6. The Labute approximate surface area is 202 Å². The normalized spacial score (nSPS) is 12.6. The molecule has 1 unspecified atom stereocenters. The van der Waals surface area contributed by atoms with Crippen LogP contribution in [0.15, 0.2) is 0 Å². The zero-order valence-corrected chi connectivity index (χ0v) is 17.9. The van der Waals surface area contributed by atoms with E-state index in [9.17, 15) is 24.1 Å². The average molecular weight is 380 g/mol. The summed E-state index contributed by atoms with van der Waals surface area (Å²) >= 11 is 0. The van der Waals surface area contributed by atoms with Crippen molar-refractivity contribution in [2.75, 3.05) is 0 Å². The van der Waals surface area contributed by atoms with Crippen LogP contribution in [-0.4, -0.2) is 124 Å². The maximum Gasteiger partial charge on any atom is 2.00 e. The van der Waals surface area contributed by atoms with E-state index < -0.39 is 44.2 Å². The topological polar surface area (TPSA) is 179 Å². The van der Waals surface area contributed by atoms with Crippen LogP contribution in [0.25, 0.3) is 0 Å². The van der Waals surface area contributed by atoms with Crippen LogP contribution >= 0.6 is 7.82 Å². The average Bonchev–Trinajstić information content (AvgIpc) is 1.96. The number of rotatable bonds is 6. The fraction of sp³-hybridized carbons (Fsp3) is 0.500. The van der Waals surface area contributed by atoms with Crippen molar-refractivity contribution in [1.29, 1.82) is 0 Å². The van der Waals surface area contributed by atoms with Gasteiger partial charge in [-0.25, -0.2) is 9.36 Å². The van der Waals surface area contributed by atoms with Gasteiger partial charge in [0.05, 0.1) is 12.8 Å². The number of carboxylic acids is 2. The van der Waals surface area contributed by atoms with E-state index in [1.807, 2.05) is 0 Å². The van der Waals surface area contributed by atoms with E-state index >= 15 is 0 Å². The molecule has 0 rings (SSSR count). The van der Waals surface area contributed by atoms with Gasteiger partial charge in [0.25, 0.3) is 0 Å². The summed E-state index contributed by atoms with van der Waals surface area (Å²) in [5, 5.41) is 26.1. The standard InChI is InChI=1S/C6H9O10P.2Ca.Na.5H/c7-3(8)1-6(12,5(10)11)2-4(9)16-17(13,14)15;;;;;;;;/h12H,1-2H2,(H,7,8)(H,10,11)(H2,13,14,15);;;;;;;;/q;2*+2;+1;5*-1. The van der Waals surface area contributed by atoms with Crippen molar-refractivity contribution in [1.82, 2.24) is 0 Å². The quantitative estimate of drug-likeness (QED) is 0.221. The van der Waals surface area contributed by atoms with Crippen molar-refractivity contribution in [3.8, 4) is 0 Å². The second-order valence-electron chi connectivity index (χ2n) is 3.04. The number of carbonyl (C=O) groups excluding carboxylic acids is 1. The summed E-state index contributed by atoms with van der Waals surface area (Å²) in [6.07, 6.45) is -2.72. The van der Waals surface area contributed by atoms with Crippen molar-refractivity contribution < 1.29 is 85.3 Å². The summed E-state index contributed by atoms with van der Waals surface area (Å²) in [4.78, 5) is 48.1. The molecule has 0 aromatic carbocycles. The first-order valence-electron chi connectivity index (χ1n) is 3.92. The van der Waals surface area contributed by atoms with Gasteiger partial charge in [0.2, 0.25) is 0 Å². The minimum Gasteiger partial charge on any atom is -1.00 e. The summed E-state index contributed by atoms with van der Waals surface area (Å²) < 4.78 is 13.7. The van der Waals surface area contributed by atoms with Crippen molar-refractivity contribution in [2.24, 2.45) is 0 Å². The van der Waals surface area contributed by atoms with Crippen LogP contribution in [-0.2, 0) is 23.5 Å². The van der Waals surface area contributed by atoms with Crippen LogP contribution in [0.3, 0.4) is 0 Å². The summed E-state index contributed by atoms with van der Waals surface area (Å²) in [6.45, 7) is 0.